The molecular formula is C7H11NSi. The molecule has 0 N–H and O–H groups in total. The molecule has 0 saturated heterocycles. The number of hydrogen-bond acceptors (Lipinski definition) is 1. The Bertz CT molecular complexity index is 162. The third-order valence-corrected chi connectivity index (χ3v) is 1.79. The summed E-state index contributed by atoms with van der Waals surface area (Å²) in [5.74, 6) is 0. The number of rotatable bonds is 2. The average Bonchev–Trinajstić information content (AvgIpc) is 1.91. The average molecular weight is 137 g/mol. The first-order chi connectivity index (χ1) is 4.43. The van der Waals surface area contributed by atoms with Gasteiger partial charge in [-0.15, -0.1) is 0 Å². The Morgan fingerprint density at radius 2 is 2.00 bits per heavy atom. The first kappa shape index (κ1) is 6.49. The van der Waals surface area contributed by atoms with Crippen molar-refractivity contribution in [1.29, 1.82) is 0 Å². The standard InChI is InChI=1S/C7H11NSi/c9-6-3-7-1-4-8-5-2-7/h1-2,4-5H,3,6H2,9H3. The van der Waals surface area contributed by atoms with Crippen molar-refractivity contribution in [3.63, 3.8) is 0 Å². The maximum atomic E-state index is 3.94. The van der Waals surface area contributed by atoms with E-state index in [2.05, 4.69) is 17.1 Å². The van der Waals surface area contributed by atoms with Crippen LogP contribution in [0, 0.1) is 0 Å². The lowest BCUT2D eigenvalue weighted by Crippen LogP contribution is -1.82. The van der Waals surface area contributed by atoms with Crippen LogP contribution in [-0.2, 0) is 6.42 Å². The van der Waals surface area contributed by atoms with Crippen molar-refractivity contribution >= 4 is 10.2 Å². The molecule has 0 radical (unpaired) electrons. The van der Waals surface area contributed by atoms with Crippen molar-refractivity contribution in [2.75, 3.05) is 0 Å². The molecule has 0 fully saturated rings. The molecule has 1 nitrogen and oxygen atoms in total. The summed E-state index contributed by atoms with van der Waals surface area (Å²) in [5.41, 5.74) is 1.42. The largest absolute Gasteiger partial charge is 0.265 e. The summed E-state index contributed by atoms with van der Waals surface area (Å²) in [6.07, 6.45) is 4.94. The highest BCUT2D eigenvalue weighted by molar-refractivity contribution is 6.08. The molecule has 1 heterocycles. The second-order valence-electron chi connectivity index (χ2n) is 2.11. The van der Waals surface area contributed by atoms with Gasteiger partial charge in [-0.1, -0.05) is 6.04 Å². The molecular weight excluding hydrogens is 126 g/mol. The number of hydrogen-bond donors (Lipinski definition) is 0. The molecule has 0 saturated carbocycles. The molecule has 0 aliphatic carbocycles. The second-order valence-corrected chi connectivity index (χ2v) is 3.11. The number of aryl methyl sites for hydroxylation is 1. The molecule has 0 unspecified atom stereocenters. The molecule has 1 rings (SSSR count). The minimum Gasteiger partial charge on any atom is -0.265 e. The van der Waals surface area contributed by atoms with E-state index >= 15 is 0 Å². The van der Waals surface area contributed by atoms with Gasteiger partial charge in [0.25, 0.3) is 0 Å². The summed E-state index contributed by atoms with van der Waals surface area (Å²) >= 11 is 0. The van der Waals surface area contributed by atoms with Crippen molar-refractivity contribution in [3.05, 3.63) is 30.1 Å². The topological polar surface area (TPSA) is 12.9 Å². The summed E-state index contributed by atoms with van der Waals surface area (Å²) in [7, 11) is 1.30. The summed E-state index contributed by atoms with van der Waals surface area (Å²) in [6.45, 7) is 0. The predicted molar refractivity (Wildman–Crippen MR) is 42.7 cm³/mol. The molecule has 0 spiro atoms. The lowest BCUT2D eigenvalue weighted by molar-refractivity contribution is 1.11. The highest BCUT2D eigenvalue weighted by Crippen LogP contribution is 1.98. The SMILES string of the molecule is [SiH3]CCc1ccncc1. The van der Waals surface area contributed by atoms with Gasteiger partial charge in [0.2, 0.25) is 0 Å². The molecule has 1 aromatic rings. The summed E-state index contributed by atoms with van der Waals surface area (Å²) in [5, 5.41) is 0. The van der Waals surface area contributed by atoms with Gasteiger partial charge < -0.3 is 0 Å². The highest BCUT2D eigenvalue weighted by atomic mass is 28.1. The lowest BCUT2D eigenvalue weighted by atomic mass is 10.2. The van der Waals surface area contributed by atoms with E-state index in [0.717, 1.165) is 0 Å². The molecule has 0 aromatic carbocycles. The van der Waals surface area contributed by atoms with Crippen molar-refractivity contribution in [3.8, 4) is 0 Å². The van der Waals surface area contributed by atoms with E-state index in [4.69, 9.17) is 0 Å². The van der Waals surface area contributed by atoms with Crippen LogP contribution in [0.15, 0.2) is 24.5 Å². The lowest BCUT2D eigenvalue weighted by Gasteiger charge is -1.93. The van der Waals surface area contributed by atoms with E-state index in [0.29, 0.717) is 0 Å². The third-order valence-electron chi connectivity index (χ3n) is 1.29. The molecule has 0 atom stereocenters. The smallest absolute Gasteiger partial charge is 0.0270 e. The van der Waals surface area contributed by atoms with Crippen LogP contribution in [0.3, 0.4) is 0 Å². The van der Waals surface area contributed by atoms with Crippen molar-refractivity contribution in [2.24, 2.45) is 0 Å². The van der Waals surface area contributed by atoms with Crippen LogP contribution in [-0.4, -0.2) is 15.2 Å². The Kier molecular flexibility index (Phi) is 2.45. The Morgan fingerprint density at radius 3 is 2.56 bits per heavy atom. The van der Waals surface area contributed by atoms with E-state index in [9.17, 15) is 0 Å². The van der Waals surface area contributed by atoms with Crippen LogP contribution in [0.2, 0.25) is 6.04 Å². The van der Waals surface area contributed by atoms with Gasteiger partial charge in [-0.3, -0.25) is 4.98 Å². The maximum Gasteiger partial charge on any atom is 0.0270 e. The van der Waals surface area contributed by atoms with Gasteiger partial charge >= 0.3 is 0 Å². The number of aromatic nitrogens is 1. The molecule has 1 aromatic heterocycles. The third kappa shape index (κ3) is 1.97. The van der Waals surface area contributed by atoms with Crippen LogP contribution in [0.25, 0.3) is 0 Å². The van der Waals surface area contributed by atoms with Crippen LogP contribution in [0.4, 0.5) is 0 Å². The fourth-order valence-corrected chi connectivity index (χ4v) is 1.42. The Labute approximate surface area is 58.6 Å². The second kappa shape index (κ2) is 3.40. The Morgan fingerprint density at radius 1 is 1.33 bits per heavy atom. The van der Waals surface area contributed by atoms with Gasteiger partial charge in [0.05, 0.1) is 0 Å². The van der Waals surface area contributed by atoms with E-state index in [1.54, 1.807) is 0 Å². The van der Waals surface area contributed by atoms with Gasteiger partial charge in [0.1, 0.15) is 0 Å². The number of nitrogens with zero attached hydrogens (tertiary/aromatic N) is 1. The van der Waals surface area contributed by atoms with Crippen LogP contribution in [0.5, 0.6) is 0 Å². The van der Waals surface area contributed by atoms with Crippen molar-refractivity contribution in [1.82, 2.24) is 4.98 Å². The normalized spacial score (nSPS) is 9.78. The first-order valence-corrected chi connectivity index (χ1v) is 4.74. The first-order valence-electron chi connectivity index (χ1n) is 3.32. The zero-order valence-electron chi connectivity index (χ0n) is 5.67. The minimum atomic E-state index is 1.23. The molecule has 0 amide bonds. The Hall–Kier alpha value is -0.633. The highest BCUT2D eigenvalue weighted by Gasteiger charge is 1.85. The quantitative estimate of drug-likeness (QED) is 0.538. The van der Waals surface area contributed by atoms with Gasteiger partial charge in [0.15, 0.2) is 0 Å². The van der Waals surface area contributed by atoms with Gasteiger partial charge in [0, 0.05) is 22.6 Å². The maximum absolute atomic E-state index is 3.94. The minimum absolute atomic E-state index is 1.23. The van der Waals surface area contributed by atoms with Gasteiger partial charge in [-0.05, 0) is 24.1 Å². The van der Waals surface area contributed by atoms with Crippen LogP contribution >= 0.6 is 0 Å². The van der Waals surface area contributed by atoms with E-state index in [1.807, 2.05) is 12.4 Å². The monoisotopic (exact) mass is 137 g/mol. The molecule has 48 valence electrons. The Balaban J connectivity index is 2.61. The molecule has 0 aliphatic rings. The van der Waals surface area contributed by atoms with Crippen molar-refractivity contribution < 1.29 is 0 Å². The summed E-state index contributed by atoms with van der Waals surface area (Å²) in [4.78, 5) is 3.94. The number of pyridine rings is 1. The zero-order chi connectivity index (χ0) is 6.53. The van der Waals surface area contributed by atoms with E-state index < -0.39 is 0 Å². The van der Waals surface area contributed by atoms with Crippen molar-refractivity contribution in [2.45, 2.75) is 12.5 Å². The predicted octanol–water partition coefficient (Wildman–Crippen LogP) is 0.408. The summed E-state index contributed by atoms with van der Waals surface area (Å²) in [6, 6.07) is 5.51. The van der Waals surface area contributed by atoms with E-state index in [-0.39, 0.29) is 0 Å². The fourth-order valence-electron chi connectivity index (χ4n) is 0.838. The van der Waals surface area contributed by atoms with Gasteiger partial charge in [-0.2, -0.15) is 0 Å². The zero-order valence-corrected chi connectivity index (χ0v) is 7.67. The van der Waals surface area contributed by atoms with Gasteiger partial charge in [-0.25, -0.2) is 0 Å². The molecule has 9 heavy (non-hydrogen) atoms. The molecule has 0 bridgehead atoms. The summed E-state index contributed by atoms with van der Waals surface area (Å²) < 4.78 is 0. The fraction of sp³-hybridized carbons (Fsp3) is 0.286. The van der Waals surface area contributed by atoms with E-state index in [1.165, 1.54) is 28.3 Å². The van der Waals surface area contributed by atoms with Crippen LogP contribution in [0.1, 0.15) is 5.56 Å². The molecule has 2 heteroatoms. The molecule has 0 aliphatic heterocycles. The van der Waals surface area contributed by atoms with Crippen LogP contribution < -0.4 is 0 Å².